The van der Waals surface area contributed by atoms with Gasteiger partial charge in [-0.15, -0.1) is 0 Å². The average Bonchev–Trinajstić information content (AvgIpc) is 3.21. The Balaban J connectivity index is 1.54. The molecule has 1 aromatic heterocycles. The molecule has 0 aliphatic rings. The summed E-state index contributed by atoms with van der Waals surface area (Å²) in [6.07, 6.45) is 6.61. The number of hydrogen-bond acceptors (Lipinski definition) is 4. The van der Waals surface area contributed by atoms with Crippen molar-refractivity contribution in [2.75, 3.05) is 13.7 Å². The molecule has 3 aromatic rings. The van der Waals surface area contributed by atoms with E-state index in [0.29, 0.717) is 29.7 Å². The zero-order chi connectivity index (χ0) is 19.8. The topological polar surface area (TPSA) is 48.3 Å². The normalized spacial score (nSPS) is 10.8. The zero-order valence-electron chi connectivity index (χ0n) is 16.3. The lowest BCUT2D eigenvalue weighted by molar-refractivity contribution is 0.284. The molecule has 148 valence electrons. The number of rotatable bonds is 10. The first-order valence-corrected chi connectivity index (χ1v) is 9.74. The van der Waals surface area contributed by atoms with E-state index in [-0.39, 0.29) is 0 Å². The molecule has 0 aliphatic heterocycles. The van der Waals surface area contributed by atoms with Gasteiger partial charge in [-0.3, -0.25) is 0 Å². The van der Waals surface area contributed by atoms with Crippen molar-refractivity contribution in [1.82, 2.24) is 14.9 Å². The van der Waals surface area contributed by atoms with Gasteiger partial charge in [0.05, 0.1) is 13.4 Å². The summed E-state index contributed by atoms with van der Waals surface area (Å²) in [5.74, 6) is 1.34. The van der Waals surface area contributed by atoms with Crippen molar-refractivity contribution in [3.63, 3.8) is 0 Å². The molecule has 6 heteroatoms. The van der Waals surface area contributed by atoms with Crippen molar-refractivity contribution in [3.8, 4) is 11.5 Å². The number of hydrogen-bond donors (Lipinski definition) is 1. The maximum Gasteiger partial charge on any atom is 0.163 e. The van der Waals surface area contributed by atoms with Crippen LogP contribution >= 0.6 is 11.6 Å². The minimum absolute atomic E-state index is 0.472. The maximum atomic E-state index is 6.47. The fourth-order valence-electron chi connectivity index (χ4n) is 2.98. The lowest BCUT2D eigenvalue weighted by Crippen LogP contribution is -2.16. The Morgan fingerprint density at radius 1 is 1.18 bits per heavy atom. The van der Waals surface area contributed by atoms with Gasteiger partial charge in [0.1, 0.15) is 6.61 Å². The SMILES string of the molecule is COc1cc(CNCCCn2ccnc2)c(Cl)cc1OCc1cccc(C)c1. The van der Waals surface area contributed by atoms with Crippen LogP contribution in [-0.4, -0.2) is 23.2 Å². The van der Waals surface area contributed by atoms with Crippen LogP contribution in [0.1, 0.15) is 23.1 Å². The van der Waals surface area contributed by atoms with E-state index in [0.717, 1.165) is 30.6 Å². The molecular weight excluding hydrogens is 374 g/mol. The van der Waals surface area contributed by atoms with Gasteiger partial charge in [-0.05, 0) is 37.1 Å². The third kappa shape index (κ3) is 5.75. The minimum Gasteiger partial charge on any atom is -0.493 e. The third-order valence-corrected chi connectivity index (χ3v) is 4.81. The van der Waals surface area contributed by atoms with Crippen molar-refractivity contribution >= 4 is 11.6 Å². The molecule has 0 amide bonds. The van der Waals surface area contributed by atoms with E-state index in [9.17, 15) is 0 Å². The lowest BCUT2D eigenvalue weighted by Gasteiger charge is -2.14. The number of halogens is 1. The fourth-order valence-corrected chi connectivity index (χ4v) is 3.20. The van der Waals surface area contributed by atoms with Gasteiger partial charge in [0, 0.05) is 36.6 Å². The number of aromatic nitrogens is 2. The summed E-state index contributed by atoms with van der Waals surface area (Å²) in [6.45, 7) is 5.05. The van der Waals surface area contributed by atoms with Gasteiger partial charge < -0.3 is 19.4 Å². The molecule has 1 N–H and O–H groups in total. The summed E-state index contributed by atoms with van der Waals surface area (Å²) >= 11 is 6.47. The Bertz CT molecular complexity index is 881. The molecule has 0 radical (unpaired) electrons. The number of benzene rings is 2. The summed E-state index contributed by atoms with van der Waals surface area (Å²) in [5.41, 5.74) is 3.31. The van der Waals surface area contributed by atoms with Crippen LogP contribution in [-0.2, 0) is 19.7 Å². The summed E-state index contributed by atoms with van der Waals surface area (Å²) < 4.78 is 13.5. The second kappa shape index (κ2) is 10.2. The molecule has 2 aromatic carbocycles. The lowest BCUT2D eigenvalue weighted by atomic mass is 10.1. The van der Waals surface area contributed by atoms with Gasteiger partial charge in [-0.1, -0.05) is 41.4 Å². The Hall–Kier alpha value is -2.50. The highest BCUT2D eigenvalue weighted by Gasteiger charge is 2.11. The summed E-state index contributed by atoms with van der Waals surface area (Å²) in [6, 6.07) is 12.0. The predicted octanol–water partition coefficient (Wildman–Crippen LogP) is 4.61. The van der Waals surface area contributed by atoms with E-state index >= 15 is 0 Å². The van der Waals surface area contributed by atoms with Crippen LogP contribution in [0.3, 0.4) is 0 Å². The van der Waals surface area contributed by atoms with Crippen LogP contribution in [0.4, 0.5) is 0 Å². The maximum absolute atomic E-state index is 6.47. The van der Waals surface area contributed by atoms with E-state index in [1.165, 1.54) is 5.56 Å². The van der Waals surface area contributed by atoms with Gasteiger partial charge in [0.2, 0.25) is 0 Å². The van der Waals surface area contributed by atoms with Gasteiger partial charge in [-0.2, -0.15) is 0 Å². The molecule has 3 rings (SSSR count). The molecule has 5 nitrogen and oxygen atoms in total. The number of imidazole rings is 1. The Kier molecular flexibility index (Phi) is 7.34. The van der Waals surface area contributed by atoms with Crippen LogP contribution in [0.2, 0.25) is 5.02 Å². The van der Waals surface area contributed by atoms with E-state index in [2.05, 4.69) is 33.9 Å². The average molecular weight is 400 g/mol. The molecule has 0 saturated heterocycles. The van der Waals surface area contributed by atoms with Crippen LogP contribution < -0.4 is 14.8 Å². The standard InChI is InChI=1S/C22H26ClN3O2/c1-17-5-3-6-18(11-17)15-28-22-13-20(23)19(12-21(22)27-2)14-24-7-4-9-26-10-8-25-16-26/h3,5-6,8,10-13,16,24H,4,7,9,14-15H2,1-2H3. The van der Waals surface area contributed by atoms with E-state index in [1.54, 1.807) is 13.3 Å². The van der Waals surface area contributed by atoms with Crippen LogP contribution in [0.25, 0.3) is 0 Å². The first-order valence-electron chi connectivity index (χ1n) is 9.37. The van der Waals surface area contributed by atoms with Gasteiger partial charge in [-0.25, -0.2) is 4.98 Å². The van der Waals surface area contributed by atoms with E-state index in [4.69, 9.17) is 21.1 Å². The van der Waals surface area contributed by atoms with Crippen LogP contribution in [0, 0.1) is 6.92 Å². The highest BCUT2D eigenvalue weighted by molar-refractivity contribution is 6.31. The Morgan fingerprint density at radius 2 is 2.07 bits per heavy atom. The highest BCUT2D eigenvalue weighted by atomic mass is 35.5. The zero-order valence-corrected chi connectivity index (χ0v) is 17.1. The van der Waals surface area contributed by atoms with Gasteiger partial charge >= 0.3 is 0 Å². The first kappa shape index (κ1) is 20.2. The number of ether oxygens (including phenoxy) is 2. The van der Waals surface area contributed by atoms with Crippen LogP contribution in [0.15, 0.2) is 55.1 Å². The predicted molar refractivity (Wildman–Crippen MR) is 112 cm³/mol. The largest absolute Gasteiger partial charge is 0.493 e. The number of nitrogens with zero attached hydrogens (tertiary/aromatic N) is 2. The molecule has 0 unspecified atom stereocenters. The fraction of sp³-hybridized carbons (Fsp3) is 0.318. The smallest absolute Gasteiger partial charge is 0.163 e. The molecule has 0 aliphatic carbocycles. The molecule has 0 spiro atoms. The van der Waals surface area contributed by atoms with Crippen molar-refractivity contribution < 1.29 is 9.47 Å². The Morgan fingerprint density at radius 3 is 2.82 bits per heavy atom. The molecule has 0 atom stereocenters. The third-order valence-electron chi connectivity index (χ3n) is 4.45. The van der Waals surface area contributed by atoms with Gasteiger partial charge in [0.25, 0.3) is 0 Å². The van der Waals surface area contributed by atoms with Crippen LogP contribution in [0.5, 0.6) is 11.5 Å². The monoisotopic (exact) mass is 399 g/mol. The highest BCUT2D eigenvalue weighted by Crippen LogP contribution is 2.34. The van der Waals surface area contributed by atoms with Crippen molar-refractivity contribution in [3.05, 3.63) is 76.8 Å². The quantitative estimate of drug-likeness (QED) is 0.505. The van der Waals surface area contributed by atoms with E-state index in [1.807, 2.05) is 36.8 Å². The van der Waals surface area contributed by atoms with Crippen molar-refractivity contribution in [1.29, 1.82) is 0 Å². The molecule has 0 saturated carbocycles. The summed E-state index contributed by atoms with van der Waals surface area (Å²) in [4.78, 5) is 4.05. The summed E-state index contributed by atoms with van der Waals surface area (Å²) in [5, 5.41) is 4.09. The molecule has 1 heterocycles. The number of nitrogens with one attached hydrogen (secondary N) is 1. The second-order valence-corrected chi connectivity index (χ2v) is 7.11. The summed E-state index contributed by atoms with van der Waals surface area (Å²) in [7, 11) is 1.64. The van der Waals surface area contributed by atoms with E-state index < -0.39 is 0 Å². The number of methoxy groups -OCH3 is 1. The molecule has 0 bridgehead atoms. The van der Waals surface area contributed by atoms with Crippen molar-refractivity contribution in [2.24, 2.45) is 0 Å². The molecule has 28 heavy (non-hydrogen) atoms. The molecule has 0 fully saturated rings. The second-order valence-electron chi connectivity index (χ2n) is 6.70. The number of aryl methyl sites for hydroxylation is 2. The minimum atomic E-state index is 0.472. The van der Waals surface area contributed by atoms with Gasteiger partial charge in [0.15, 0.2) is 11.5 Å². The first-order chi connectivity index (χ1) is 13.7. The Labute approximate surface area is 171 Å². The van der Waals surface area contributed by atoms with Crippen molar-refractivity contribution in [2.45, 2.75) is 33.0 Å². The molecular formula is C22H26ClN3O2.